The molecule has 1 fully saturated rings. The lowest BCUT2D eigenvalue weighted by Gasteiger charge is -2.32. The molecule has 1 saturated heterocycles. The van der Waals surface area contributed by atoms with Crippen molar-refractivity contribution in [2.24, 2.45) is 0 Å². The normalized spacial score (nSPS) is 21.6. The number of benzene rings is 1. The Kier molecular flexibility index (Phi) is 4.68. The number of nitrogens with zero attached hydrogens (tertiary/aromatic N) is 1. The van der Waals surface area contributed by atoms with Gasteiger partial charge in [-0.1, -0.05) is 41.2 Å². The molecule has 1 aliphatic heterocycles. The SMILES string of the molecule is C[C@@H]1CCCCN1S(=O)(=O)c1ccc(Cl)c(Cl)c1Cl. The Morgan fingerprint density at radius 2 is 1.84 bits per heavy atom. The average Bonchev–Trinajstić information content (AvgIpc) is 2.36. The van der Waals surface area contributed by atoms with Crippen molar-refractivity contribution in [1.29, 1.82) is 0 Å². The molecule has 0 aromatic heterocycles. The summed E-state index contributed by atoms with van der Waals surface area (Å²) in [5.41, 5.74) is 0. The lowest BCUT2D eigenvalue weighted by molar-refractivity contribution is 0.268. The minimum absolute atomic E-state index is 0.00746. The molecule has 0 unspecified atom stereocenters. The number of sulfonamides is 1. The summed E-state index contributed by atoms with van der Waals surface area (Å²) in [6, 6.07) is 2.84. The zero-order valence-corrected chi connectivity index (χ0v) is 13.5. The Balaban J connectivity index is 2.48. The molecule has 0 N–H and O–H groups in total. The molecule has 1 aromatic rings. The Labute approximate surface area is 128 Å². The maximum atomic E-state index is 12.6. The second-order valence-corrected chi connectivity index (χ2v) is 7.66. The molecule has 0 saturated carbocycles. The molecule has 1 aromatic carbocycles. The smallest absolute Gasteiger partial charge is 0.207 e. The van der Waals surface area contributed by atoms with E-state index in [4.69, 9.17) is 34.8 Å². The predicted molar refractivity (Wildman–Crippen MR) is 78.7 cm³/mol. The molecule has 0 bridgehead atoms. The van der Waals surface area contributed by atoms with Gasteiger partial charge in [0.2, 0.25) is 10.0 Å². The van der Waals surface area contributed by atoms with Gasteiger partial charge in [0.05, 0.1) is 15.1 Å². The lowest BCUT2D eigenvalue weighted by Crippen LogP contribution is -2.42. The Hall–Kier alpha value is -0.000000000000000167. The minimum Gasteiger partial charge on any atom is -0.207 e. The highest BCUT2D eigenvalue weighted by Gasteiger charge is 2.33. The first-order chi connectivity index (χ1) is 8.85. The third-order valence-corrected chi connectivity index (χ3v) is 6.79. The third-order valence-electron chi connectivity index (χ3n) is 3.33. The van der Waals surface area contributed by atoms with E-state index in [0.717, 1.165) is 19.3 Å². The van der Waals surface area contributed by atoms with Gasteiger partial charge in [0, 0.05) is 12.6 Å². The fourth-order valence-corrected chi connectivity index (χ4v) is 4.92. The standard InChI is InChI=1S/C12H14Cl3NO2S/c1-8-4-2-3-7-16(8)19(17,18)10-6-5-9(13)11(14)12(10)15/h5-6,8H,2-4,7H2,1H3/t8-/m1/s1. The van der Waals surface area contributed by atoms with E-state index in [2.05, 4.69) is 0 Å². The quantitative estimate of drug-likeness (QED) is 0.755. The summed E-state index contributed by atoms with van der Waals surface area (Å²) in [6.45, 7) is 2.42. The van der Waals surface area contributed by atoms with Crippen LogP contribution < -0.4 is 0 Å². The van der Waals surface area contributed by atoms with Gasteiger partial charge in [-0.05, 0) is 31.9 Å². The Morgan fingerprint density at radius 3 is 2.47 bits per heavy atom. The minimum atomic E-state index is -3.62. The van der Waals surface area contributed by atoms with E-state index in [-0.39, 0.29) is 26.0 Å². The van der Waals surface area contributed by atoms with Gasteiger partial charge < -0.3 is 0 Å². The van der Waals surface area contributed by atoms with Gasteiger partial charge in [-0.15, -0.1) is 0 Å². The summed E-state index contributed by atoms with van der Waals surface area (Å²) < 4.78 is 26.7. The lowest BCUT2D eigenvalue weighted by atomic mass is 10.1. The third kappa shape index (κ3) is 2.88. The molecule has 3 nitrogen and oxygen atoms in total. The molecule has 0 radical (unpaired) electrons. The van der Waals surface area contributed by atoms with Crippen LogP contribution in [0.5, 0.6) is 0 Å². The molecule has 1 heterocycles. The van der Waals surface area contributed by atoms with Crippen molar-refractivity contribution >= 4 is 44.8 Å². The van der Waals surface area contributed by atoms with Crippen LogP contribution in [-0.2, 0) is 10.0 Å². The van der Waals surface area contributed by atoms with Crippen LogP contribution >= 0.6 is 34.8 Å². The zero-order valence-electron chi connectivity index (χ0n) is 10.4. The molecule has 2 rings (SSSR count). The van der Waals surface area contributed by atoms with E-state index in [1.807, 2.05) is 6.92 Å². The highest BCUT2D eigenvalue weighted by atomic mass is 35.5. The molecular weight excluding hydrogens is 329 g/mol. The molecule has 0 spiro atoms. The Bertz CT molecular complexity index is 589. The van der Waals surface area contributed by atoms with Gasteiger partial charge in [0.1, 0.15) is 4.90 Å². The van der Waals surface area contributed by atoms with Gasteiger partial charge in [-0.3, -0.25) is 0 Å². The van der Waals surface area contributed by atoms with Crippen molar-refractivity contribution in [1.82, 2.24) is 4.31 Å². The van der Waals surface area contributed by atoms with Gasteiger partial charge >= 0.3 is 0 Å². The molecule has 0 amide bonds. The van der Waals surface area contributed by atoms with Crippen LogP contribution in [0.25, 0.3) is 0 Å². The van der Waals surface area contributed by atoms with Crippen molar-refractivity contribution in [3.05, 3.63) is 27.2 Å². The van der Waals surface area contributed by atoms with Crippen LogP contribution in [0, 0.1) is 0 Å². The second-order valence-electron chi connectivity index (χ2n) is 4.63. The topological polar surface area (TPSA) is 37.4 Å². The van der Waals surface area contributed by atoms with E-state index >= 15 is 0 Å². The average molecular weight is 343 g/mol. The number of halogens is 3. The summed E-state index contributed by atoms with van der Waals surface area (Å²) in [4.78, 5) is 0.0253. The number of rotatable bonds is 2. The molecule has 106 valence electrons. The fraction of sp³-hybridized carbons (Fsp3) is 0.500. The van der Waals surface area contributed by atoms with Gasteiger partial charge in [0.25, 0.3) is 0 Å². The van der Waals surface area contributed by atoms with E-state index in [9.17, 15) is 8.42 Å². The summed E-state index contributed by atoms with van der Waals surface area (Å²) in [5.74, 6) is 0. The van der Waals surface area contributed by atoms with Crippen LogP contribution in [0.15, 0.2) is 17.0 Å². The monoisotopic (exact) mass is 341 g/mol. The molecule has 7 heteroatoms. The first kappa shape index (κ1) is 15.4. The number of piperidine rings is 1. The van der Waals surface area contributed by atoms with Crippen molar-refractivity contribution < 1.29 is 8.42 Å². The van der Waals surface area contributed by atoms with Crippen LogP contribution in [0.4, 0.5) is 0 Å². The summed E-state index contributed by atoms with van der Waals surface area (Å²) in [5, 5.41) is 0.318. The van der Waals surface area contributed by atoms with Crippen molar-refractivity contribution in [3.63, 3.8) is 0 Å². The molecule has 1 aliphatic rings. The van der Waals surface area contributed by atoms with Gasteiger partial charge in [-0.25, -0.2) is 8.42 Å². The maximum Gasteiger partial charge on any atom is 0.244 e. The highest BCUT2D eigenvalue weighted by Crippen LogP contribution is 2.37. The van der Waals surface area contributed by atoms with Crippen LogP contribution in [0.1, 0.15) is 26.2 Å². The number of hydrogen-bond donors (Lipinski definition) is 0. The van der Waals surface area contributed by atoms with E-state index in [1.54, 1.807) is 0 Å². The largest absolute Gasteiger partial charge is 0.244 e. The van der Waals surface area contributed by atoms with E-state index in [0.29, 0.717) is 6.54 Å². The van der Waals surface area contributed by atoms with Crippen molar-refractivity contribution in [3.8, 4) is 0 Å². The maximum absolute atomic E-state index is 12.6. The van der Waals surface area contributed by atoms with Crippen LogP contribution in [-0.4, -0.2) is 25.3 Å². The van der Waals surface area contributed by atoms with Crippen molar-refractivity contribution in [2.75, 3.05) is 6.54 Å². The second kappa shape index (κ2) is 5.78. The summed E-state index contributed by atoms with van der Waals surface area (Å²) in [7, 11) is -3.62. The summed E-state index contributed by atoms with van der Waals surface area (Å²) >= 11 is 17.8. The molecular formula is C12H14Cl3NO2S. The van der Waals surface area contributed by atoms with E-state index in [1.165, 1.54) is 16.4 Å². The van der Waals surface area contributed by atoms with Gasteiger partial charge in [0.15, 0.2) is 0 Å². The predicted octanol–water partition coefficient (Wildman–Crippen LogP) is 4.21. The molecule has 19 heavy (non-hydrogen) atoms. The first-order valence-electron chi connectivity index (χ1n) is 6.01. The Morgan fingerprint density at radius 1 is 1.16 bits per heavy atom. The van der Waals surface area contributed by atoms with Crippen LogP contribution in [0.2, 0.25) is 15.1 Å². The van der Waals surface area contributed by atoms with Crippen molar-refractivity contribution in [2.45, 2.75) is 37.1 Å². The van der Waals surface area contributed by atoms with Gasteiger partial charge in [-0.2, -0.15) is 4.31 Å². The van der Waals surface area contributed by atoms with Crippen LogP contribution in [0.3, 0.4) is 0 Å². The van der Waals surface area contributed by atoms with E-state index < -0.39 is 10.0 Å². The molecule has 1 atom stereocenters. The fourth-order valence-electron chi connectivity index (χ4n) is 2.26. The highest BCUT2D eigenvalue weighted by molar-refractivity contribution is 7.89. The molecule has 0 aliphatic carbocycles. The summed E-state index contributed by atoms with van der Waals surface area (Å²) in [6.07, 6.45) is 2.77. The number of hydrogen-bond acceptors (Lipinski definition) is 2. The zero-order chi connectivity index (χ0) is 14.2. The first-order valence-corrected chi connectivity index (χ1v) is 8.58.